The summed E-state index contributed by atoms with van der Waals surface area (Å²) in [6.07, 6.45) is 2.55. The summed E-state index contributed by atoms with van der Waals surface area (Å²) < 4.78 is 39.9. The number of aryl methyl sites for hydroxylation is 1. The predicted octanol–water partition coefficient (Wildman–Crippen LogP) is 4.34. The van der Waals surface area contributed by atoms with Crippen LogP contribution in [0.15, 0.2) is 0 Å². The van der Waals surface area contributed by atoms with Crippen LogP contribution >= 0.6 is 11.6 Å². The number of hydrogen-bond donors (Lipinski definition) is 1. The summed E-state index contributed by atoms with van der Waals surface area (Å²) in [4.78, 5) is 12.5. The highest BCUT2D eigenvalue weighted by Gasteiger charge is 2.51. The number of carbonyl (C=O) groups is 1. The second-order valence-corrected chi connectivity index (χ2v) is 8.84. The summed E-state index contributed by atoms with van der Waals surface area (Å²) >= 11 is 5.75. The number of carbonyl (C=O) groups excluding carboxylic acids is 1. The topological polar surface area (TPSA) is 46.9 Å². The Kier molecular flexibility index (Phi) is 4.29. The van der Waals surface area contributed by atoms with Crippen LogP contribution in [0.2, 0.25) is 5.02 Å². The van der Waals surface area contributed by atoms with Gasteiger partial charge in [0.2, 0.25) is 5.91 Å². The number of hydrogen-bond acceptors (Lipinski definition) is 2. The van der Waals surface area contributed by atoms with Crippen molar-refractivity contribution in [3.05, 3.63) is 16.4 Å². The molecule has 0 aromatic carbocycles. The summed E-state index contributed by atoms with van der Waals surface area (Å²) in [5.41, 5.74) is -0.931. The van der Waals surface area contributed by atoms with Gasteiger partial charge in [0.1, 0.15) is 0 Å². The molecule has 0 aliphatic heterocycles. The third-order valence-corrected chi connectivity index (χ3v) is 6.85. The fraction of sp³-hybridized carbons (Fsp3) is 0.778. The Morgan fingerprint density at radius 1 is 1.23 bits per heavy atom. The first-order valence-electron chi connectivity index (χ1n) is 9.26. The van der Waals surface area contributed by atoms with Crippen molar-refractivity contribution in [1.29, 1.82) is 0 Å². The predicted molar refractivity (Wildman–Crippen MR) is 90.6 cm³/mol. The van der Waals surface area contributed by atoms with Gasteiger partial charge in [0.25, 0.3) is 0 Å². The van der Waals surface area contributed by atoms with Crippen LogP contribution in [0.4, 0.5) is 13.2 Å². The molecule has 1 aromatic rings. The maximum Gasteiger partial charge on any atom is 0.436 e. The zero-order valence-electron chi connectivity index (χ0n) is 14.7. The molecule has 144 valence electrons. The van der Waals surface area contributed by atoms with E-state index in [1.54, 1.807) is 0 Å². The third-order valence-electron chi connectivity index (χ3n) is 6.40. The molecule has 1 aromatic heterocycles. The van der Waals surface area contributed by atoms with E-state index in [9.17, 15) is 18.0 Å². The zero-order valence-corrected chi connectivity index (χ0v) is 15.5. The van der Waals surface area contributed by atoms with Crippen LogP contribution in [-0.4, -0.2) is 21.2 Å². The van der Waals surface area contributed by atoms with Gasteiger partial charge in [-0.05, 0) is 63.2 Å². The molecule has 5 rings (SSSR count). The first kappa shape index (κ1) is 18.1. The number of amides is 1. The van der Waals surface area contributed by atoms with E-state index in [1.807, 2.05) is 0 Å². The average molecular weight is 390 g/mol. The van der Waals surface area contributed by atoms with Crippen molar-refractivity contribution in [3.63, 3.8) is 0 Å². The minimum absolute atomic E-state index is 0.0836. The van der Waals surface area contributed by atoms with Crippen LogP contribution in [0, 0.1) is 24.7 Å². The maximum atomic E-state index is 12.9. The summed E-state index contributed by atoms with van der Waals surface area (Å²) in [5.74, 6) is 2.07. The average Bonchev–Trinajstić information content (AvgIpc) is 2.79. The molecule has 0 radical (unpaired) electrons. The van der Waals surface area contributed by atoms with Crippen LogP contribution in [0.5, 0.6) is 0 Å². The highest BCUT2D eigenvalue weighted by molar-refractivity contribution is 6.31. The van der Waals surface area contributed by atoms with Crippen molar-refractivity contribution < 1.29 is 18.0 Å². The number of alkyl halides is 3. The van der Waals surface area contributed by atoms with Gasteiger partial charge < -0.3 is 5.32 Å². The highest BCUT2D eigenvalue weighted by atomic mass is 35.5. The molecule has 26 heavy (non-hydrogen) atoms. The van der Waals surface area contributed by atoms with Crippen molar-refractivity contribution in [3.8, 4) is 0 Å². The quantitative estimate of drug-likeness (QED) is 0.832. The zero-order chi connectivity index (χ0) is 18.7. The molecular formula is C18H23ClF3N3O. The van der Waals surface area contributed by atoms with Gasteiger partial charge >= 0.3 is 6.18 Å². The lowest BCUT2D eigenvalue weighted by Crippen LogP contribution is -2.59. The van der Waals surface area contributed by atoms with E-state index in [-0.39, 0.29) is 35.1 Å². The third kappa shape index (κ3) is 3.23. The van der Waals surface area contributed by atoms with Gasteiger partial charge in [0.05, 0.1) is 17.3 Å². The van der Waals surface area contributed by atoms with Crippen LogP contribution in [0.1, 0.15) is 56.3 Å². The Labute approximate surface area is 155 Å². The monoisotopic (exact) mass is 389 g/mol. The molecule has 0 unspecified atom stereocenters. The van der Waals surface area contributed by atoms with E-state index < -0.39 is 11.9 Å². The van der Waals surface area contributed by atoms with E-state index in [0.29, 0.717) is 0 Å². The van der Waals surface area contributed by atoms with E-state index in [1.165, 1.54) is 30.9 Å². The van der Waals surface area contributed by atoms with E-state index in [4.69, 9.17) is 11.6 Å². The molecule has 4 nitrogen and oxygen atoms in total. The van der Waals surface area contributed by atoms with E-state index >= 15 is 0 Å². The van der Waals surface area contributed by atoms with Crippen LogP contribution in [0.25, 0.3) is 0 Å². The lowest BCUT2D eigenvalue weighted by atomic mass is 9.53. The Balaban J connectivity index is 1.39. The molecule has 1 amide bonds. The molecule has 4 fully saturated rings. The second kappa shape index (κ2) is 6.14. The fourth-order valence-electron chi connectivity index (χ4n) is 5.75. The van der Waals surface area contributed by atoms with Crippen LogP contribution < -0.4 is 5.32 Å². The van der Waals surface area contributed by atoms with Crippen molar-refractivity contribution in [2.75, 3.05) is 0 Å². The first-order valence-corrected chi connectivity index (χ1v) is 9.64. The number of aromatic nitrogens is 2. The number of nitrogens with one attached hydrogen (secondary N) is 1. The standard InChI is InChI=1S/C18H23ClF3N3O/c1-10-15(19)16(18(20,21)22)24-25(10)3-2-14(26)23-17-7-11-4-12(8-17)6-13(5-11)9-17/h11-13H,2-9H2,1H3,(H,23,26). The smallest absolute Gasteiger partial charge is 0.351 e. The molecular weight excluding hydrogens is 367 g/mol. The highest BCUT2D eigenvalue weighted by Crippen LogP contribution is 2.55. The largest absolute Gasteiger partial charge is 0.436 e. The van der Waals surface area contributed by atoms with Gasteiger partial charge in [-0.15, -0.1) is 0 Å². The molecule has 4 aliphatic carbocycles. The normalized spacial score (nSPS) is 32.9. The summed E-state index contributed by atoms with van der Waals surface area (Å²) in [6, 6.07) is 0. The van der Waals surface area contributed by atoms with Gasteiger partial charge in [-0.25, -0.2) is 0 Å². The van der Waals surface area contributed by atoms with Crippen molar-refractivity contribution in [1.82, 2.24) is 15.1 Å². The molecule has 0 spiro atoms. The van der Waals surface area contributed by atoms with Gasteiger partial charge in [-0.1, -0.05) is 11.6 Å². The summed E-state index contributed by atoms with van der Waals surface area (Å²) in [6.45, 7) is 1.58. The Morgan fingerprint density at radius 3 is 2.23 bits per heavy atom. The molecule has 8 heteroatoms. The lowest BCUT2D eigenvalue weighted by Gasteiger charge is -2.56. The van der Waals surface area contributed by atoms with Gasteiger partial charge in [-0.3, -0.25) is 9.48 Å². The van der Waals surface area contributed by atoms with Crippen LogP contribution in [-0.2, 0) is 17.5 Å². The first-order chi connectivity index (χ1) is 12.2. The second-order valence-electron chi connectivity index (χ2n) is 8.46. The summed E-state index contributed by atoms with van der Waals surface area (Å²) in [5, 5.41) is 6.40. The number of halogens is 4. The van der Waals surface area contributed by atoms with Crippen molar-refractivity contribution >= 4 is 17.5 Å². The molecule has 0 atom stereocenters. The minimum Gasteiger partial charge on any atom is -0.351 e. The SMILES string of the molecule is Cc1c(Cl)c(C(F)(F)F)nn1CCC(=O)NC12CC3CC(CC(C3)C1)C2. The number of rotatable bonds is 4. The molecule has 4 bridgehead atoms. The van der Waals surface area contributed by atoms with E-state index in [2.05, 4.69) is 10.4 Å². The molecule has 4 aliphatic rings. The minimum atomic E-state index is -4.59. The summed E-state index contributed by atoms with van der Waals surface area (Å²) in [7, 11) is 0. The van der Waals surface area contributed by atoms with Crippen molar-refractivity contribution in [2.45, 2.75) is 70.1 Å². The van der Waals surface area contributed by atoms with Gasteiger partial charge in [-0.2, -0.15) is 18.3 Å². The van der Waals surface area contributed by atoms with Gasteiger partial charge in [0, 0.05) is 12.0 Å². The van der Waals surface area contributed by atoms with Crippen molar-refractivity contribution in [2.24, 2.45) is 17.8 Å². The Morgan fingerprint density at radius 2 is 1.77 bits per heavy atom. The lowest BCUT2D eigenvalue weighted by molar-refractivity contribution is -0.141. The Hall–Kier alpha value is -1.24. The molecule has 4 saturated carbocycles. The van der Waals surface area contributed by atoms with E-state index in [0.717, 1.165) is 37.0 Å². The molecule has 1 N–H and O–H groups in total. The fourth-order valence-corrected chi connectivity index (χ4v) is 6.00. The van der Waals surface area contributed by atoms with Gasteiger partial charge in [0.15, 0.2) is 5.69 Å². The van der Waals surface area contributed by atoms with Crippen LogP contribution in [0.3, 0.4) is 0 Å². The molecule has 1 heterocycles. The maximum absolute atomic E-state index is 12.9. The Bertz CT molecular complexity index is 693. The molecule has 0 saturated heterocycles. The number of nitrogens with zero attached hydrogens (tertiary/aromatic N) is 2.